The van der Waals surface area contributed by atoms with Gasteiger partial charge in [0.15, 0.2) is 5.82 Å². The van der Waals surface area contributed by atoms with E-state index < -0.39 is 5.97 Å². The normalized spacial score (nSPS) is 10.8. The van der Waals surface area contributed by atoms with Crippen LogP contribution in [0.5, 0.6) is 5.75 Å². The lowest BCUT2D eigenvalue weighted by molar-refractivity contribution is 0.0691. The highest BCUT2D eigenvalue weighted by Gasteiger charge is 2.19. The maximum atomic E-state index is 11.6. The van der Waals surface area contributed by atoms with Gasteiger partial charge in [0.25, 0.3) is 0 Å². The number of aromatic carboxylic acids is 1. The Morgan fingerprint density at radius 2 is 1.83 bits per heavy atom. The first-order chi connectivity index (χ1) is 14.0. The second-order valence-electron chi connectivity index (χ2n) is 6.43. The van der Waals surface area contributed by atoms with Crippen molar-refractivity contribution in [1.82, 2.24) is 15.0 Å². The second kappa shape index (κ2) is 7.92. The van der Waals surface area contributed by atoms with Crippen molar-refractivity contribution in [2.24, 2.45) is 0 Å². The van der Waals surface area contributed by atoms with Crippen LogP contribution >= 0.6 is 15.9 Å². The molecule has 0 aliphatic rings. The first-order valence-corrected chi connectivity index (χ1v) is 9.59. The zero-order valence-electron chi connectivity index (χ0n) is 15.5. The van der Waals surface area contributed by atoms with Gasteiger partial charge in [0.2, 0.25) is 5.69 Å². The molecule has 4 aromatic rings. The van der Waals surface area contributed by atoms with Gasteiger partial charge in [0.1, 0.15) is 5.75 Å². The molecule has 0 radical (unpaired) electrons. The van der Waals surface area contributed by atoms with E-state index in [0.29, 0.717) is 12.4 Å². The molecular formula is C21H17BrN4O3. The van der Waals surface area contributed by atoms with Crippen LogP contribution < -0.4 is 10.1 Å². The number of carboxylic acid groups (broad SMARTS) is 1. The predicted molar refractivity (Wildman–Crippen MR) is 114 cm³/mol. The highest BCUT2D eigenvalue weighted by Crippen LogP contribution is 2.26. The Morgan fingerprint density at radius 1 is 1.10 bits per heavy atom. The van der Waals surface area contributed by atoms with Gasteiger partial charge in [-0.2, -0.15) is 0 Å². The average molecular weight is 453 g/mol. The number of carbonyl (C=O) groups is 1. The second-order valence-corrected chi connectivity index (χ2v) is 7.34. The summed E-state index contributed by atoms with van der Waals surface area (Å²) in [6.07, 6.45) is 0. The molecule has 146 valence electrons. The monoisotopic (exact) mass is 452 g/mol. The smallest absolute Gasteiger partial charge is 0.360 e. The van der Waals surface area contributed by atoms with Crippen molar-refractivity contribution in [2.45, 2.75) is 6.54 Å². The summed E-state index contributed by atoms with van der Waals surface area (Å²) >= 11 is 3.47. The minimum Gasteiger partial charge on any atom is -0.497 e. The van der Waals surface area contributed by atoms with Crippen molar-refractivity contribution in [1.29, 1.82) is 0 Å². The number of methoxy groups -OCH3 is 1. The Kier molecular flexibility index (Phi) is 5.18. The Bertz CT molecular complexity index is 1190. The van der Waals surface area contributed by atoms with E-state index in [1.165, 1.54) is 4.68 Å². The van der Waals surface area contributed by atoms with Crippen LogP contribution in [0.2, 0.25) is 0 Å². The van der Waals surface area contributed by atoms with Crippen molar-refractivity contribution >= 4 is 44.2 Å². The van der Waals surface area contributed by atoms with E-state index in [9.17, 15) is 9.90 Å². The Labute approximate surface area is 175 Å². The number of halogens is 1. The molecule has 0 bridgehead atoms. The number of carboxylic acids is 1. The number of nitrogens with one attached hydrogen (secondary N) is 1. The lowest BCUT2D eigenvalue weighted by Gasteiger charge is -2.11. The van der Waals surface area contributed by atoms with Crippen molar-refractivity contribution < 1.29 is 14.6 Å². The molecule has 2 N–H and O–H groups in total. The van der Waals surface area contributed by atoms with Crippen molar-refractivity contribution in [2.75, 3.05) is 12.4 Å². The molecule has 1 heterocycles. The molecule has 0 aliphatic heterocycles. The van der Waals surface area contributed by atoms with Crippen molar-refractivity contribution in [3.8, 4) is 5.75 Å². The molecular weight excluding hydrogens is 436 g/mol. The van der Waals surface area contributed by atoms with E-state index in [0.717, 1.165) is 32.2 Å². The lowest BCUT2D eigenvalue weighted by Crippen LogP contribution is -2.09. The maximum Gasteiger partial charge on any atom is 0.360 e. The number of hydrogen-bond donors (Lipinski definition) is 2. The number of fused-ring (bicyclic) bond motifs is 1. The molecule has 0 unspecified atom stereocenters. The summed E-state index contributed by atoms with van der Waals surface area (Å²) in [4.78, 5) is 11.6. The zero-order valence-corrected chi connectivity index (χ0v) is 17.0. The van der Waals surface area contributed by atoms with Crippen LogP contribution in [-0.2, 0) is 6.54 Å². The molecule has 4 rings (SSSR count). The van der Waals surface area contributed by atoms with E-state index in [1.54, 1.807) is 7.11 Å². The fraction of sp³-hybridized carbons (Fsp3) is 0.0952. The van der Waals surface area contributed by atoms with Crippen LogP contribution in [0.4, 0.5) is 11.5 Å². The fourth-order valence-corrected chi connectivity index (χ4v) is 3.41. The predicted octanol–water partition coefficient (Wildman–Crippen LogP) is 4.69. The quantitative estimate of drug-likeness (QED) is 0.440. The molecule has 0 atom stereocenters. The van der Waals surface area contributed by atoms with Gasteiger partial charge in [-0.25, -0.2) is 9.48 Å². The third-order valence-electron chi connectivity index (χ3n) is 4.49. The van der Waals surface area contributed by atoms with Crippen molar-refractivity contribution in [3.05, 3.63) is 76.4 Å². The molecule has 0 saturated carbocycles. The molecule has 29 heavy (non-hydrogen) atoms. The number of nitrogens with zero attached hydrogens (tertiary/aromatic N) is 3. The third-order valence-corrected chi connectivity index (χ3v) is 4.99. The van der Waals surface area contributed by atoms with Gasteiger partial charge in [0, 0.05) is 10.2 Å². The summed E-state index contributed by atoms with van der Waals surface area (Å²) < 4.78 is 7.71. The van der Waals surface area contributed by atoms with Crippen LogP contribution in [0.15, 0.2) is 65.1 Å². The molecule has 0 amide bonds. The van der Waals surface area contributed by atoms with Gasteiger partial charge < -0.3 is 15.2 Å². The van der Waals surface area contributed by atoms with Gasteiger partial charge in [-0.1, -0.05) is 45.4 Å². The number of hydrogen-bond acceptors (Lipinski definition) is 5. The van der Waals surface area contributed by atoms with Crippen molar-refractivity contribution in [3.63, 3.8) is 0 Å². The van der Waals surface area contributed by atoms with Crippen LogP contribution in [0, 0.1) is 0 Å². The Morgan fingerprint density at radius 3 is 2.55 bits per heavy atom. The molecule has 1 aromatic heterocycles. The summed E-state index contributed by atoms with van der Waals surface area (Å²) in [6, 6.07) is 19.3. The minimum absolute atomic E-state index is 0.130. The topological polar surface area (TPSA) is 89.3 Å². The van der Waals surface area contributed by atoms with E-state index >= 15 is 0 Å². The zero-order chi connectivity index (χ0) is 20.4. The lowest BCUT2D eigenvalue weighted by atomic mass is 10.1. The number of ether oxygens (including phenoxy) is 1. The van der Waals surface area contributed by atoms with E-state index in [2.05, 4.69) is 31.6 Å². The number of benzene rings is 3. The largest absolute Gasteiger partial charge is 0.497 e. The summed E-state index contributed by atoms with van der Waals surface area (Å²) in [5.74, 6) is -0.0669. The third kappa shape index (κ3) is 4.07. The first kappa shape index (κ1) is 18.9. The first-order valence-electron chi connectivity index (χ1n) is 8.79. The number of rotatable bonds is 6. The highest BCUT2D eigenvalue weighted by atomic mass is 79.9. The van der Waals surface area contributed by atoms with Crippen LogP contribution in [0.3, 0.4) is 0 Å². The van der Waals surface area contributed by atoms with Crippen LogP contribution in [-0.4, -0.2) is 33.2 Å². The van der Waals surface area contributed by atoms with Gasteiger partial charge in [-0.3, -0.25) is 0 Å². The Balaban J connectivity index is 1.67. The minimum atomic E-state index is -1.14. The summed E-state index contributed by atoms with van der Waals surface area (Å²) in [5, 5.41) is 22.7. The fourth-order valence-electron chi connectivity index (χ4n) is 3.03. The van der Waals surface area contributed by atoms with Crippen LogP contribution in [0.25, 0.3) is 10.8 Å². The van der Waals surface area contributed by atoms with Gasteiger partial charge in [-0.15, -0.1) is 5.10 Å². The molecule has 0 aliphatic carbocycles. The average Bonchev–Trinajstić information content (AvgIpc) is 3.11. The molecule has 0 fully saturated rings. The Hall–Kier alpha value is -3.39. The summed E-state index contributed by atoms with van der Waals surface area (Å²) in [6.45, 7) is 0.368. The van der Waals surface area contributed by atoms with Gasteiger partial charge >= 0.3 is 5.97 Å². The molecule has 7 nitrogen and oxygen atoms in total. The highest BCUT2D eigenvalue weighted by molar-refractivity contribution is 9.10. The molecule has 3 aromatic carbocycles. The standard InChI is InChI=1S/C21H17BrN4O3/c1-29-18-8-2-13(3-9-18)12-26-20(19(21(27)28)24-25-26)23-17-7-5-14-10-16(22)6-4-15(14)11-17/h2-11,23H,12H2,1H3,(H,27,28). The van der Waals surface area contributed by atoms with Gasteiger partial charge in [0.05, 0.1) is 13.7 Å². The number of anilines is 2. The van der Waals surface area contributed by atoms with Crippen LogP contribution in [0.1, 0.15) is 16.1 Å². The van der Waals surface area contributed by atoms with E-state index in [4.69, 9.17) is 4.74 Å². The molecule has 8 heteroatoms. The van der Waals surface area contributed by atoms with E-state index in [-0.39, 0.29) is 5.69 Å². The van der Waals surface area contributed by atoms with Gasteiger partial charge in [-0.05, 0) is 52.7 Å². The SMILES string of the molecule is COc1ccc(Cn2nnc(C(=O)O)c2Nc2ccc3cc(Br)ccc3c2)cc1. The summed E-state index contributed by atoms with van der Waals surface area (Å²) in [7, 11) is 1.61. The number of aromatic nitrogens is 3. The summed E-state index contributed by atoms with van der Waals surface area (Å²) in [5.41, 5.74) is 1.56. The molecule has 0 saturated heterocycles. The molecule has 0 spiro atoms. The maximum absolute atomic E-state index is 11.6. The van der Waals surface area contributed by atoms with E-state index in [1.807, 2.05) is 60.7 Å².